The van der Waals surface area contributed by atoms with Gasteiger partial charge in [-0.1, -0.05) is 36.4 Å². The van der Waals surface area contributed by atoms with Gasteiger partial charge in [0, 0.05) is 0 Å². The second-order valence-corrected chi connectivity index (χ2v) is 5.48. The fourth-order valence-electron chi connectivity index (χ4n) is 1.59. The van der Waals surface area contributed by atoms with Gasteiger partial charge in [-0.15, -0.1) is 0 Å². The monoisotopic (exact) mass is 293 g/mol. The van der Waals surface area contributed by atoms with Crippen molar-refractivity contribution in [3.63, 3.8) is 0 Å². The van der Waals surface area contributed by atoms with E-state index in [1.807, 2.05) is 0 Å². The van der Waals surface area contributed by atoms with Crippen LogP contribution in [-0.4, -0.2) is 13.3 Å². The number of nitrogens with zero attached hydrogens (tertiary/aromatic N) is 1. The number of nitro groups is 1. The quantitative estimate of drug-likeness (QED) is 0.365. The van der Waals surface area contributed by atoms with Crippen LogP contribution in [0.3, 0.4) is 0 Å². The molecular formula is C13H11NO5S. The molecule has 0 heterocycles. The highest BCUT2D eigenvalue weighted by Gasteiger charge is 2.31. The van der Waals surface area contributed by atoms with Gasteiger partial charge in [-0.25, -0.2) is 0 Å². The van der Waals surface area contributed by atoms with Crippen LogP contribution in [0.2, 0.25) is 0 Å². The molecule has 2 aromatic rings. The van der Waals surface area contributed by atoms with Crippen molar-refractivity contribution in [3.8, 4) is 0 Å². The Labute approximate surface area is 115 Å². The van der Waals surface area contributed by atoms with Crippen LogP contribution in [0, 0.1) is 10.1 Å². The van der Waals surface area contributed by atoms with E-state index in [4.69, 9.17) is 4.18 Å². The van der Waals surface area contributed by atoms with Gasteiger partial charge in [-0.05, 0) is 24.3 Å². The van der Waals surface area contributed by atoms with E-state index in [0.717, 1.165) is 0 Å². The molecule has 0 spiro atoms. The Morgan fingerprint density at radius 3 is 1.95 bits per heavy atom. The minimum Gasteiger partial charge on any atom is -0.261 e. The van der Waals surface area contributed by atoms with E-state index in [0.29, 0.717) is 0 Å². The Morgan fingerprint density at radius 1 is 0.950 bits per heavy atom. The Kier molecular flexibility index (Phi) is 4.11. The van der Waals surface area contributed by atoms with Gasteiger partial charge in [0.15, 0.2) is 0 Å². The van der Waals surface area contributed by atoms with Crippen molar-refractivity contribution < 1.29 is 17.5 Å². The fraction of sp³-hybridized carbons (Fsp3) is 0.0769. The standard InChI is InChI=1S/C13H11NO5S/c15-14(16)13(11-7-3-1-4-8-11)19-20(17,18)12-9-5-2-6-10-12/h1-10,13H. The van der Waals surface area contributed by atoms with Crippen LogP contribution in [0.4, 0.5) is 0 Å². The first-order chi connectivity index (χ1) is 9.50. The van der Waals surface area contributed by atoms with E-state index in [9.17, 15) is 18.5 Å². The van der Waals surface area contributed by atoms with E-state index in [-0.39, 0.29) is 10.5 Å². The lowest BCUT2D eigenvalue weighted by Crippen LogP contribution is -2.19. The molecule has 0 aliphatic rings. The molecule has 1 unspecified atom stereocenters. The van der Waals surface area contributed by atoms with Gasteiger partial charge >= 0.3 is 16.3 Å². The molecular weight excluding hydrogens is 282 g/mol. The fourth-order valence-corrected chi connectivity index (χ4v) is 2.62. The summed E-state index contributed by atoms with van der Waals surface area (Å²) in [4.78, 5) is 10.1. The van der Waals surface area contributed by atoms with Gasteiger partial charge in [0.05, 0.1) is 15.4 Å². The van der Waals surface area contributed by atoms with Crippen LogP contribution in [0.15, 0.2) is 65.6 Å². The third-order valence-corrected chi connectivity index (χ3v) is 3.81. The first-order valence-electron chi connectivity index (χ1n) is 5.67. The van der Waals surface area contributed by atoms with E-state index >= 15 is 0 Å². The number of rotatable bonds is 5. The van der Waals surface area contributed by atoms with Crippen molar-refractivity contribution >= 4 is 10.1 Å². The third-order valence-electron chi connectivity index (χ3n) is 2.53. The Hall–Kier alpha value is -2.25. The smallest absolute Gasteiger partial charge is 0.261 e. The zero-order valence-electron chi connectivity index (χ0n) is 10.2. The molecule has 1 atom stereocenters. The summed E-state index contributed by atoms with van der Waals surface area (Å²) in [6.07, 6.45) is -1.76. The number of hydrogen-bond acceptors (Lipinski definition) is 5. The summed E-state index contributed by atoms with van der Waals surface area (Å²) in [6.45, 7) is 0. The molecule has 0 amide bonds. The Morgan fingerprint density at radius 2 is 1.45 bits per heavy atom. The molecule has 20 heavy (non-hydrogen) atoms. The number of hydrogen-bond donors (Lipinski definition) is 0. The first-order valence-corrected chi connectivity index (χ1v) is 7.08. The molecule has 0 radical (unpaired) electrons. The average Bonchev–Trinajstić information content (AvgIpc) is 2.46. The maximum absolute atomic E-state index is 12.0. The molecule has 0 saturated heterocycles. The van der Waals surface area contributed by atoms with E-state index in [2.05, 4.69) is 0 Å². The minimum absolute atomic E-state index is 0.122. The molecule has 0 bridgehead atoms. The summed E-state index contributed by atoms with van der Waals surface area (Å²) in [6, 6.07) is 15.0. The molecule has 0 N–H and O–H groups in total. The molecule has 2 rings (SSSR count). The highest BCUT2D eigenvalue weighted by molar-refractivity contribution is 7.86. The lowest BCUT2D eigenvalue weighted by Gasteiger charge is -2.10. The van der Waals surface area contributed by atoms with E-state index in [1.54, 1.807) is 24.3 Å². The van der Waals surface area contributed by atoms with E-state index in [1.165, 1.54) is 36.4 Å². The summed E-state index contributed by atoms with van der Waals surface area (Å²) in [7, 11) is -4.19. The van der Waals surface area contributed by atoms with Gasteiger partial charge in [-0.2, -0.15) is 12.6 Å². The highest BCUT2D eigenvalue weighted by atomic mass is 32.2. The summed E-state index contributed by atoms with van der Waals surface area (Å²) in [5, 5.41) is 11.0. The van der Waals surface area contributed by atoms with Crippen molar-refractivity contribution in [1.29, 1.82) is 0 Å². The number of benzene rings is 2. The van der Waals surface area contributed by atoms with E-state index < -0.39 is 21.3 Å². The lowest BCUT2D eigenvalue weighted by molar-refractivity contribution is -0.570. The summed E-state index contributed by atoms with van der Waals surface area (Å²) >= 11 is 0. The maximum atomic E-state index is 12.0. The normalized spacial score (nSPS) is 12.8. The van der Waals surface area contributed by atoms with Crippen molar-refractivity contribution in [1.82, 2.24) is 0 Å². The highest BCUT2D eigenvalue weighted by Crippen LogP contribution is 2.23. The first kappa shape index (κ1) is 14.2. The predicted octanol–water partition coefficient (Wildman–Crippen LogP) is 2.37. The van der Waals surface area contributed by atoms with Gasteiger partial charge in [0.1, 0.15) is 0 Å². The largest absolute Gasteiger partial charge is 0.356 e. The molecule has 7 heteroatoms. The predicted molar refractivity (Wildman–Crippen MR) is 70.9 cm³/mol. The van der Waals surface area contributed by atoms with Gasteiger partial charge in [0.2, 0.25) is 0 Å². The molecule has 0 saturated carbocycles. The zero-order chi connectivity index (χ0) is 14.6. The SMILES string of the molecule is O=[N+]([O-])C(OS(=O)(=O)c1ccccc1)c1ccccc1. The van der Waals surface area contributed by atoms with Crippen LogP contribution >= 0.6 is 0 Å². The Balaban J connectivity index is 2.33. The van der Waals surface area contributed by atoms with Crippen LogP contribution in [0.25, 0.3) is 0 Å². The van der Waals surface area contributed by atoms with Crippen molar-refractivity contribution in [2.24, 2.45) is 0 Å². The van der Waals surface area contributed by atoms with Crippen LogP contribution < -0.4 is 0 Å². The zero-order valence-corrected chi connectivity index (χ0v) is 11.1. The van der Waals surface area contributed by atoms with Crippen molar-refractivity contribution in [2.45, 2.75) is 11.1 Å². The van der Waals surface area contributed by atoms with Gasteiger partial charge in [-0.3, -0.25) is 10.1 Å². The van der Waals surface area contributed by atoms with Crippen LogP contribution in [-0.2, 0) is 14.3 Å². The lowest BCUT2D eigenvalue weighted by atomic mass is 10.2. The molecule has 0 aliphatic carbocycles. The molecule has 0 aliphatic heterocycles. The second-order valence-electron chi connectivity index (χ2n) is 3.91. The molecule has 104 valence electrons. The topological polar surface area (TPSA) is 86.5 Å². The van der Waals surface area contributed by atoms with Gasteiger partial charge in [0.25, 0.3) is 0 Å². The Bertz CT molecular complexity index is 685. The molecule has 6 nitrogen and oxygen atoms in total. The second kappa shape index (κ2) is 5.81. The van der Waals surface area contributed by atoms with Gasteiger partial charge < -0.3 is 0 Å². The summed E-state index contributed by atoms with van der Waals surface area (Å²) < 4.78 is 28.7. The third kappa shape index (κ3) is 3.19. The molecule has 2 aromatic carbocycles. The summed E-state index contributed by atoms with van der Waals surface area (Å²) in [5.74, 6) is 0. The van der Waals surface area contributed by atoms with Crippen molar-refractivity contribution in [3.05, 3.63) is 76.3 Å². The minimum atomic E-state index is -4.19. The molecule has 0 fully saturated rings. The average molecular weight is 293 g/mol. The molecule has 0 aromatic heterocycles. The maximum Gasteiger partial charge on any atom is 0.356 e. The van der Waals surface area contributed by atoms with Crippen LogP contribution in [0.5, 0.6) is 0 Å². The van der Waals surface area contributed by atoms with Crippen LogP contribution in [0.1, 0.15) is 11.8 Å². The summed E-state index contributed by atoms with van der Waals surface area (Å²) in [5.41, 5.74) is 0.164. The van der Waals surface area contributed by atoms with Crippen molar-refractivity contribution in [2.75, 3.05) is 0 Å².